The first-order valence-corrected chi connectivity index (χ1v) is 7.21. The van der Waals surface area contributed by atoms with E-state index in [-0.39, 0.29) is 11.9 Å². The number of hydrogen-bond acceptors (Lipinski definition) is 6. The smallest absolute Gasteiger partial charge is 0.309 e. The van der Waals surface area contributed by atoms with Crippen LogP contribution in [0.1, 0.15) is 25.5 Å². The third-order valence-corrected chi connectivity index (χ3v) is 4.07. The van der Waals surface area contributed by atoms with Gasteiger partial charge in [0.15, 0.2) is 0 Å². The number of nitrogens with zero attached hydrogens (tertiary/aromatic N) is 3. The van der Waals surface area contributed by atoms with E-state index in [4.69, 9.17) is 16.3 Å². The summed E-state index contributed by atoms with van der Waals surface area (Å²) in [6, 6.07) is 0. The van der Waals surface area contributed by atoms with E-state index in [0.717, 1.165) is 31.6 Å². The predicted molar refractivity (Wildman–Crippen MR) is 69.6 cm³/mol. The molecular formula is C11H16ClN3O2S. The summed E-state index contributed by atoms with van der Waals surface area (Å²) in [5.41, 5.74) is 0.830. The largest absolute Gasteiger partial charge is 0.466 e. The zero-order chi connectivity index (χ0) is 13.0. The third kappa shape index (κ3) is 3.40. The van der Waals surface area contributed by atoms with Crippen LogP contribution in [-0.4, -0.2) is 40.2 Å². The van der Waals surface area contributed by atoms with E-state index in [1.807, 2.05) is 6.92 Å². The lowest BCUT2D eigenvalue weighted by molar-refractivity contribution is -0.149. The number of esters is 1. The van der Waals surface area contributed by atoms with Crippen LogP contribution in [0.3, 0.4) is 0 Å². The summed E-state index contributed by atoms with van der Waals surface area (Å²) in [6.45, 7) is 4.75. The highest BCUT2D eigenvalue weighted by Crippen LogP contribution is 2.23. The Labute approximate surface area is 115 Å². The molecule has 2 heterocycles. The lowest BCUT2D eigenvalue weighted by atomic mass is 9.97. The van der Waals surface area contributed by atoms with Crippen molar-refractivity contribution in [2.24, 2.45) is 5.92 Å². The highest BCUT2D eigenvalue weighted by Gasteiger charge is 2.26. The molecule has 0 saturated carbocycles. The van der Waals surface area contributed by atoms with Gasteiger partial charge in [0.1, 0.15) is 10.0 Å². The van der Waals surface area contributed by atoms with Gasteiger partial charge in [-0.3, -0.25) is 9.69 Å². The van der Waals surface area contributed by atoms with Gasteiger partial charge < -0.3 is 4.74 Å². The number of hydrogen-bond donors (Lipinski definition) is 0. The number of ether oxygens (including phenoxy) is 1. The fourth-order valence-electron chi connectivity index (χ4n) is 2.09. The Balaban J connectivity index is 1.80. The van der Waals surface area contributed by atoms with Crippen LogP contribution in [0.15, 0.2) is 0 Å². The van der Waals surface area contributed by atoms with E-state index >= 15 is 0 Å². The average molecular weight is 290 g/mol. The number of aromatic nitrogens is 2. The van der Waals surface area contributed by atoms with Gasteiger partial charge in [-0.15, -0.1) is 5.10 Å². The first-order valence-electron chi connectivity index (χ1n) is 6.06. The second-order valence-corrected chi connectivity index (χ2v) is 5.65. The molecule has 1 saturated heterocycles. The monoisotopic (exact) mass is 289 g/mol. The van der Waals surface area contributed by atoms with Crippen molar-refractivity contribution < 1.29 is 9.53 Å². The predicted octanol–water partition coefficient (Wildman–Crippen LogP) is 1.97. The van der Waals surface area contributed by atoms with Crippen molar-refractivity contribution in [3.8, 4) is 0 Å². The molecule has 0 atom stereocenters. The molecule has 0 bridgehead atoms. The first-order chi connectivity index (χ1) is 8.70. The molecule has 0 aromatic carbocycles. The minimum Gasteiger partial charge on any atom is -0.466 e. The van der Waals surface area contributed by atoms with Crippen molar-refractivity contribution in [1.82, 2.24) is 14.5 Å². The zero-order valence-electron chi connectivity index (χ0n) is 10.3. The molecule has 1 aromatic heterocycles. The van der Waals surface area contributed by atoms with Gasteiger partial charge in [-0.05, 0) is 32.9 Å². The van der Waals surface area contributed by atoms with Crippen molar-refractivity contribution in [3.05, 3.63) is 10.0 Å². The van der Waals surface area contributed by atoms with Gasteiger partial charge in [-0.1, -0.05) is 16.1 Å². The van der Waals surface area contributed by atoms with Crippen LogP contribution in [0.4, 0.5) is 0 Å². The van der Waals surface area contributed by atoms with Crippen LogP contribution in [-0.2, 0) is 16.1 Å². The first kappa shape index (κ1) is 13.7. The molecular weight excluding hydrogens is 274 g/mol. The molecule has 1 fully saturated rings. The number of carbonyl (C=O) groups is 1. The van der Waals surface area contributed by atoms with Gasteiger partial charge in [-0.25, -0.2) is 0 Å². The van der Waals surface area contributed by atoms with Crippen LogP contribution < -0.4 is 0 Å². The second-order valence-electron chi connectivity index (χ2n) is 4.30. The maximum absolute atomic E-state index is 11.6. The molecule has 2 rings (SSSR count). The molecule has 0 amide bonds. The normalized spacial score (nSPS) is 17.9. The Morgan fingerprint density at radius 2 is 2.28 bits per heavy atom. The van der Waals surface area contributed by atoms with Crippen molar-refractivity contribution >= 4 is 29.1 Å². The van der Waals surface area contributed by atoms with E-state index in [1.165, 1.54) is 11.5 Å². The average Bonchev–Trinajstić information content (AvgIpc) is 2.76. The molecule has 0 spiro atoms. The van der Waals surface area contributed by atoms with Gasteiger partial charge in [0.05, 0.1) is 12.5 Å². The number of likely N-dealkylation sites (tertiary alicyclic amines) is 1. The number of carbonyl (C=O) groups excluding carboxylic acids is 1. The Morgan fingerprint density at radius 1 is 1.56 bits per heavy atom. The Morgan fingerprint density at radius 3 is 2.83 bits per heavy atom. The van der Waals surface area contributed by atoms with E-state index in [1.54, 1.807) is 0 Å². The maximum atomic E-state index is 11.6. The minimum atomic E-state index is -0.0643. The Bertz CT molecular complexity index is 405. The van der Waals surface area contributed by atoms with Gasteiger partial charge in [0.25, 0.3) is 0 Å². The van der Waals surface area contributed by atoms with E-state index in [2.05, 4.69) is 14.5 Å². The fraction of sp³-hybridized carbons (Fsp3) is 0.727. The van der Waals surface area contributed by atoms with Crippen molar-refractivity contribution in [2.45, 2.75) is 26.3 Å². The van der Waals surface area contributed by atoms with E-state index < -0.39 is 0 Å². The van der Waals surface area contributed by atoms with E-state index in [0.29, 0.717) is 17.5 Å². The fourth-order valence-corrected chi connectivity index (χ4v) is 2.70. The van der Waals surface area contributed by atoms with Gasteiger partial charge in [0.2, 0.25) is 0 Å². The van der Waals surface area contributed by atoms with Crippen molar-refractivity contribution in [2.75, 3.05) is 19.7 Å². The van der Waals surface area contributed by atoms with Crippen LogP contribution in [0.5, 0.6) is 0 Å². The van der Waals surface area contributed by atoms with Crippen LogP contribution in [0, 0.1) is 5.92 Å². The highest BCUT2D eigenvalue weighted by atomic mass is 35.5. The van der Waals surface area contributed by atoms with Gasteiger partial charge in [0, 0.05) is 18.1 Å². The van der Waals surface area contributed by atoms with Crippen LogP contribution in [0.2, 0.25) is 4.34 Å². The summed E-state index contributed by atoms with van der Waals surface area (Å²) in [7, 11) is 0. The molecule has 18 heavy (non-hydrogen) atoms. The highest BCUT2D eigenvalue weighted by molar-refractivity contribution is 7.10. The molecule has 0 unspecified atom stereocenters. The summed E-state index contributed by atoms with van der Waals surface area (Å²) < 4.78 is 9.51. The third-order valence-electron chi connectivity index (χ3n) is 3.09. The molecule has 1 aliphatic rings. The molecule has 100 valence electrons. The number of halogens is 1. The molecule has 0 aliphatic carbocycles. The SMILES string of the molecule is CCOC(=O)C1CCN(Cc2nnsc2Cl)CC1. The molecule has 5 nitrogen and oxygen atoms in total. The molecule has 7 heteroatoms. The van der Waals surface area contributed by atoms with Gasteiger partial charge >= 0.3 is 5.97 Å². The number of rotatable bonds is 4. The Kier molecular flexibility index (Phi) is 4.91. The summed E-state index contributed by atoms with van der Waals surface area (Å²) in [5.74, 6) is -0.0178. The molecule has 1 aromatic rings. The maximum Gasteiger partial charge on any atom is 0.309 e. The van der Waals surface area contributed by atoms with Crippen LogP contribution in [0.25, 0.3) is 0 Å². The van der Waals surface area contributed by atoms with Gasteiger partial charge in [-0.2, -0.15) is 0 Å². The zero-order valence-corrected chi connectivity index (χ0v) is 11.8. The van der Waals surface area contributed by atoms with Crippen LogP contribution >= 0.6 is 23.1 Å². The summed E-state index contributed by atoms with van der Waals surface area (Å²) in [6.07, 6.45) is 1.68. The molecule has 0 radical (unpaired) electrons. The lowest BCUT2D eigenvalue weighted by Gasteiger charge is -2.30. The van der Waals surface area contributed by atoms with Crippen molar-refractivity contribution in [3.63, 3.8) is 0 Å². The minimum absolute atomic E-state index is 0.0465. The number of piperidine rings is 1. The summed E-state index contributed by atoms with van der Waals surface area (Å²) in [5, 5.41) is 4.00. The Hall–Kier alpha value is -0.720. The molecule has 1 aliphatic heterocycles. The standard InChI is InChI=1S/C11H16ClN3O2S/c1-2-17-11(16)8-3-5-15(6-4-8)7-9-10(12)18-14-13-9/h8H,2-7H2,1H3. The molecule has 0 N–H and O–H groups in total. The van der Waals surface area contributed by atoms with Crippen molar-refractivity contribution in [1.29, 1.82) is 0 Å². The second kappa shape index (κ2) is 6.45. The quantitative estimate of drug-likeness (QED) is 0.793. The van der Waals surface area contributed by atoms with E-state index in [9.17, 15) is 4.79 Å². The lowest BCUT2D eigenvalue weighted by Crippen LogP contribution is -2.36. The summed E-state index contributed by atoms with van der Waals surface area (Å²) in [4.78, 5) is 13.8. The topological polar surface area (TPSA) is 55.3 Å². The summed E-state index contributed by atoms with van der Waals surface area (Å²) >= 11 is 7.18.